The Balaban J connectivity index is 1.58. The van der Waals surface area contributed by atoms with Gasteiger partial charge >= 0.3 is 0 Å². The summed E-state index contributed by atoms with van der Waals surface area (Å²) in [5.74, 6) is 0.0882. The fourth-order valence-corrected chi connectivity index (χ4v) is 4.64. The van der Waals surface area contributed by atoms with E-state index >= 15 is 0 Å². The van der Waals surface area contributed by atoms with Crippen LogP contribution < -0.4 is 20.1 Å². The molecular formula is C24H26N2O4. The Hall–Kier alpha value is -3.28. The van der Waals surface area contributed by atoms with E-state index in [4.69, 9.17) is 9.47 Å². The number of nitrogens with one attached hydrogen (secondary N) is 2. The van der Waals surface area contributed by atoms with E-state index in [1.54, 1.807) is 38.5 Å². The zero-order valence-corrected chi connectivity index (χ0v) is 17.1. The number of benzene rings is 2. The number of carbonyl (C=O) groups excluding carboxylic acids is 2. The molecule has 4 unspecified atom stereocenters. The number of methoxy groups -OCH3 is 2. The van der Waals surface area contributed by atoms with Crippen molar-refractivity contribution in [1.82, 2.24) is 0 Å². The van der Waals surface area contributed by atoms with Crippen molar-refractivity contribution in [2.45, 2.75) is 12.8 Å². The second-order valence-electron chi connectivity index (χ2n) is 7.72. The average molecular weight is 406 g/mol. The van der Waals surface area contributed by atoms with Gasteiger partial charge in [0.25, 0.3) is 0 Å². The third-order valence-electron chi connectivity index (χ3n) is 6.08. The number of rotatable bonds is 6. The Morgan fingerprint density at radius 2 is 1.13 bits per heavy atom. The summed E-state index contributed by atoms with van der Waals surface area (Å²) >= 11 is 0. The van der Waals surface area contributed by atoms with Gasteiger partial charge in [0.05, 0.1) is 37.4 Å². The van der Waals surface area contributed by atoms with Crippen LogP contribution in [-0.4, -0.2) is 26.0 Å². The first-order valence-electron chi connectivity index (χ1n) is 10.2. The highest BCUT2D eigenvalue weighted by Crippen LogP contribution is 2.46. The highest BCUT2D eigenvalue weighted by Gasteiger charge is 2.48. The second kappa shape index (κ2) is 8.61. The fraction of sp³-hybridized carbons (Fsp3) is 0.333. The standard InChI is InChI=1S/C24H26N2O4/c1-29-19-9-5-3-7-17(19)25-23(27)21-15-11-13-16(14-12-15)22(21)24(28)26-18-8-4-6-10-20(18)30-2/h3-11,13,15-16,21-22H,12,14H2,1-2H3,(H,25,27)(H,26,28). The van der Waals surface area contributed by atoms with Gasteiger partial charge < -0.3 is 20.1 Å². The summed E-state index contributed by atoms with van der Waals surface area (Å²) in [7, 11) is 3.14. The number of hydrogen-bond donors (Lipinski definition) is 2. The van der Waals surface area contributed by atoms with Gasteiger partial charge in [-0.2, -0.15) is 0 Å². The summed E-state index contributed by atoms with van der Waals surface area (Å²) in [5.41, 5.74) is 1.22. The van der Waals surface area contributed by atoms with Crippen LogP contribution in [0.4, 0.5) is 11.4 Å². The Bertz CT molecular complexity index is 894. The van der Waals surface area contributed by atoms with E-state index in [1.807, 2.05) is 24.3 Å². The van der Waals surface area contributed by atoms with Crippen LogP contribution in [0.2, 0.25) is 0 Å². The normalized spacial score (nSPS) is 24.2. The summed E-state index contributed by atoms with van der Waals surface area (Å²) in [6, 6.07) is 14.6. The lowest BCUT2D eigenvalue weighted by atomic mass is 9.61. The molecule has 5 rings (SSSR count). The molecule has 3 aliphatic carbocycles. The van der Waals surface area contributed by atoms with Crippen LogP contribution in [0.5, 0.6) is 11.5 Å². The van der Waals surface area contributed by atoms with Crippen LogP contribution in [0, 0.1) is 23.7 Å². The van der Waals surface area contributed by atoms with Gasteiger partial charge in [-0.3, -0.25) is 9.59 Å². The summed E-state index contributed by atoms with van der Waals surface area (Å²) in [6.45, 7) is 0. The van der Waals surface area contributed by atoms with Crippen molar-refractivity contribution in [3.8, 4) is 11.5 Å². The summed E-state index contributed by atoms with van der Waals surface area (Å²) in [5, 5.41) is 5.97. The molecule has 0 aromatic heterocycles. The first kappa shape index (κ1) is 20.0. The molecule has 2 aromatic carbocycles. The number of amides is 2. The van der Waals surface area contributed by atoms with Crippen molar-refractivity contribution >= 4 is 23.2 Å². The largest absolute Gasteiger partial charge is 0.495 e. The SMILES string of the molecule is COc1ccccc1NC(=O)C1C2C=CC(CC2)C1C(=O)Nc1ccccc1OC. The van der Waals surface area contributed by atoms with Crippen molar-refractivity contribution in [3.05, 3.63) is 60.7 Å². The minimum atomic E-state index is -0.437. The van der Waals surface area contributed by atoms with Crippen LogP contribution in [-0.2, 0) is 9.59 Å². The number of allylic oxidation sites excluding steroid dienone is 2. The Morgan fingerprint density at radius 3 is 1.50 bits per heavy atom. The van der Waals surface area contributed by atoms with Gasteiger partial charge in [0, 0.05) is 0 Å². The van der Waals surface area contributed by atoms with Crippen molar-refractivity contribution in [2.24, 2.45) is 23.7 Å². The number of ether oxygens (including phenoxy) is 2. The summed E-state index contributed by atoms with van der Waals surface area (Å²) in [6.07, 6.45) is 5.99. The number of anilines is 2. The molecule has 2 amide bonds. The molecule has 0 spiro atoms. The van der Waals surface area contributed by atoms with E-state index in [0.717, 1.165) is 12.8 Å². The molecule has 1 fully saturated rings. The number of carbonyl (C=O) groups is 2. The molecule has 4 atom stereocenters. The molecule has 2 N–H and O–H groups in total. The minimum Gasteiger partial charge on any atom is -0.495 e. The van der Waals surface area contributed by atoms with E-state index in [1.165, 1.54) is 0 Å². The van der Waals surface area contributed by atoms with Crippen molar-refractivity contribution in [2.75, 3.05) is 24.9 Å². The quantitative estimate of drug-likeness (QED) is 0.708. The van der Waals surface area contributed by atoms with Crippen molar-refractivity contribution < 1.29 is 19.1 Å². The predicted molar refractivity (Wildman–Crippen MR) is 116 cm³/mol. The third-order valence-corrected chi connectivity index (χ3v) is 6.08. The second-order valence-corrected chi connectivity index (χ2v) is 7.72. The molecule has 6 nitrogen and oxygen atoms in total. The molecular weight excluding hydrogens is 380 g/mol. The van der Waals surface area contributed by atoms with Gasteiger partial charge in [0.2, 0.25) is 11.8 Å². The van der Waals surface area contributed by atoms with Gasteiger partial charge in [-0.1, -0.05) is 36.4 Å². The van der Waals surface area contributed by atoms with E-state index in [9.17, 15) is 9.59 Å². The van der Waals surface area contributed by atoms with Crippen LogP contribution in [0.25, 0.3) is 0 Å². The Kier molecular flexibility index (Phi) is 5.74. The molecule has 0 heterocycles. The third kappa shape index (κ3) is 3.77. The summed E-state index contributed by atoms with van der Waals surface area (Å²) < 4.78 is 10.7. The molecule has 30 heavy (non-hydrogen) atoms. The average Bonchev–Trinajstić information content (AvgIpc) is 2.79. The molecule has 0 radical (unpaired) electrons. The lowest BCUT2D eigenvalue weighted by Crippen LogP contribution is -2.48. The van der Waals surface area contributed by atoms with Crippen molar-refractivity contribution in [3.63, 3.8) is 0 Å². The topological polar surface area (TPSA) is 76.7 Å². The molecule has 0 aliphatic heterocycles. The van der Waals surface area contributed by atoms with Crippen LogP contribution in [0.15, 0.2) is 60.7 Å². The maximum absolute atomic E-state index is 13.3. The molecule has 6 heteroatoms. The van der Waals surface area contributed by atoms with Crippen LogP contribution >= 0.6 is 0 Å². The molecule has 0 saturated heterocycles. The van der Waals surface area contributed by atoms with Gasteiger partial charge in [0.1, 0.15) is 11.5 Å². The van der Waals surface area contributed by atoms with Gasteiger partial charge in [0.15, 0.2) is 0 Å². The van der Waals surface area contributed by atoms with Crippen LogP contribution in [0.1, 0.15) is 12.8 Å². The minimum absolute atomic E-state index is 0.0399. The first-order valence-corrected chi connectivity index (χ1v) is 10.2. The van der Waals surface area contributed by atoms with Crippen molar-refractivity contribution in [1.29, 1.82) is 0 Å². The monoisotopic (exact) mass is 406 g/mol. The lowest BCUT2D eigenvalue weighted by Gasteiger charge is -2.43. The lowest BCUT2D eigenvalue weighted by molar-refractivity contribution is -0.134. The van der Waals surface area contributed by atoms with Gasteiger partial charge in [-0.25, -0.2) is 0 Å². The van der Waals surface area contributed by atoms with Gasteiger partial charge in [-0.05, 0) is 48.9 Å². The number of fused-ring (bicyclic) bond motifs is 2. The maximum atomic E-state index is 13.3. The van der Waals surface area contributed by atoms with E-state index in [2.05, 4.69) is 22.8 Å². The number of para-hydroxylation sites is 4. The Morgan fingerprint density at radius 1 is 0.733 bits per heavy atom. The first-order chi connectivity index (χ1) is 14.6. The number of hydrogen-bond acceptors (Lipinski definition) is 4. The smallest absolute Gasteiger partial charge is 0.229 e. The van der Waals surface area contributed by atoms with Gasteiger partial charge in [-0.15, -0.1) is 0 Å². The Labute approximate surface area is 176 Å². The molecule has 2 bridgehead atoms. The molecule has 156 valence electrons. The zero-order valence-electron chi connectivity index (χ0n) is 17.1. The predicted octanol–water partition coefficient (Wildman–Crippen LogP) is 4.11. The molecule has 2 aromatic rings. The van der Waals surface area contributed by atoms with E-state index < -0.39 is 11.8 Å². The highest BCUT2D eigenvalue weighted by atomic mass is 16.5. The zero-order chi connectivity index (χ0) is 21.1. The fourth-order valence-electron chi connectivity index (χ4n) is 4.64. The molecule has 3 aliphatic rings. The van der Waals surface area contributed by atoms with E-state index in [0.29, 0.717) is 22.9 Å². The maximum Gasteiger partial charge on any atom is 0.229 e. The van der Waals surface area contributed by atoms with E-state index in [-0.39, 0.29) is 23.7 Å². The van der Waals surface area contributed by atoms with Crippen LogP contribution in [0.3, 0.4) is 0 Å². The summed E-state index contributed by atoms with van der Waals surface area (Å²) in [4.78, 5) is 26.6. The highest BCUT2D eigenvalue weighted by molar-refractivity contribution is 6.01. The molecule has 1 saturated carbocycles.